The van der Waals surface area contributed by atoms with Crippen molar-refractivity contribution in [3.05, 3.63) is 66.4 Å². The van der Waals surface area contributed by atoms with Crippen molar-refractivity contribution in [3.63, 3.8) is 0 Å². The highest BCUT2D eigenvalue weighted by Gasteiger charge is 2.29. The van der Waals surface area contributed by atoms with Crippen molar-refractivity contribution in [2.75, 3.05) is 17.5 Å². The number of hydrogen-bond acceptors (Lipinski definition) is 5. The highest BCUT2D eigenvalue weighted by molar-refractivity contribution is 6.07. The Balaban J connectivity index is 1.55. The van der Waals surface area contributed by atoms with E-state index in [0.29, 0.717) is 5.56 Å². The average Bonchev–Trinajstić information content (AvgIpc) is 3.61. The van der Waals surface area contributed by atoms with Crippen LogP contribution in [0.3, 0.4) is 0 Å². The summed E-state index contributed by atoms with van der Waals surface area (Å²) in [5.74, 6) is -0.881. The molecule has 0 unspecified atom stereocenters. The summed E-state index contributed by atoms with van der Waals surface area (Å²) in [6.45, 7) is -1.07. The molecule has 0 bridgehead atoms. The van der Waals surface area contributed by atoms with Gasteiger partial charge in [0.15, 0.2) is 0 Å². The molecule has 3 aromatic rings. The van der Waals surface area contributed by atoms with Crippen LogP contribution in [0.25, 0.3) is 11.1 Å². The first-order chi connectivity index (χ1) is 15.0. The van der Waals surface area contributed by atoms with Crippen molar-refractivity contribution in [1.82, 2.24) is 9.97 Å². The molecule has 2 amide bonds. The van der Waals surface area contributed by atoms with E-state index in [4.69, 9.17) is 0 Å². The molecule has 2 aromatic heterocycles. The molecule has 2 heterocycles. The standard InChI is InChI=1S/C22H18F2N4O3/c23-12-31-15-3-4-16(18(24)10-15)17-6-7-25-11-19(17)27-22(30)14-5-8-26-20(9-14)28-21(29)13-1-2-13/h3-11,13H,1-2,12H2,(H,27,30)(H,26,28,29). The average molecular weight is 424 g/mol. The van der Waals surface area contributed by atoms with Crippen molar-refractivity contribution in [2.45, 2.75) is 12.8 Å². The first-order valence-electron chi connectivity index (χ1n) is 9.56. The van der Waals surface area contributed by atoms with Crippen LogP contribution < -0.4 is 15.4 Å². The van der Waals surface area contributed by atoms with E-state index in [2.05, 4.69) is 25.3 Å². The summed E-state index contributed by atoms with van der Waals surface area (Å²) in [7, 11) is 0. The molecule has 4 rings (SSSR count). The van der Waals surface area contributed by atoms with Gasteiger partial charge in [0.05, 0.1) is 11.9 Å². The van der Waals surface area contributed by atoms with Gasteiger partial charge in [-0.1, -0.05) is 0 Å². The third kappa shape index (κ3) is 4.82. The van der Waals surface area contributed by atoms with Gasteiger partial charge in [-0.25, -0.2) is 13.8 Å². The van der Waals surface area contributed by atoms with Crippen molar-refractivity contribution < 1.29 is 23.1 Å². The SMILES string of the molecule is O=C(Nc1cnccc1-c1ccc(OCF)cc1F)c1ccnc(NC(=O)C2CC2)c1. The highest BCUT2D eigenvalue weighted by Crippen LogP contribution is 2.32. The summed E-state index contributed by atoms with van der Waals surface area (Å²) in [4.78, 5) is 32.8. The molecular weight excluding hydrogens is 406 g/mol. The maximum Gasteiger partial charge on any atom is 0.255 e. The number of carbonyl (C=O) groups excluding carboxylic acids is 2. The Hall–Kier alpha value is -3.88. The number of aromatic nitrogens is 2. The van der Waals surface area contributed by atoms with Crippen LogP contribution in [-0.4, -0.2) is 28.6 Å². The van der Waals surface area contributed by atoms with E-state index in [0.717, 1.165) is 18.9 Å². The number of nitrogens with zero attached hydrogens (tertiary/aromatic N) is 2. The van der Waals surface area contributed by atoms with E-state index in [1.54, 1.807) is 6.07 Å². The smallest absolute Gasteiger partial charge is 0.255 e. The Morgan fingerprint density at radius 2 is 1.90 bits per heavy atom. The second-order valence-electron chi connectivity index (χ2n) is 6.96. The van der Waals surface area contributed by atoms with Gasteiger partial charge in [-0.2, -0.15) is 0 Å². The number of anilines is 2. The third-order valence-corrected chi connectivity index (χ3v) is 4.74. The van der Waals surface area contributed by atoms with Crippen LogP contribution in [0, 0.1) is 11.7 Å². The third-order valence-electron chi connectivity index (χ3n) is 4.74. The fourth-order valence-electron chi connectivity index (χ4n) is 3.00. The van der Waals surface area contributed by atoms with Gasteiger partial charge in [0, 0.05) is 41.1 Å². The first-order valence-corrected chi connectivity index (χ1v) is 9.56. The van der Waals surface area contributed by atoms with Crippen LogP contribution in [0.1, 0.15) is 23.2 Å². The molecule has 0 radical (unpaired) electrons. The molecule has 1 aliphatic rings. The number of rotatable bonds is 7. The highest BCUT2D eigenvalue weighted by atomic mass is 19.1. The second kappa shape index (κ2) is 8.86. The lowest BCUT2D eigenvalue weighted by Gasteiger charge is -2.13. The van der Waals surface area contributed by atoms with Crippen LogP contribution >= 0.6 is 0 Å². The first kappa shape index (κ1) is 20.4. The van der Waals surface area contributed by atoms with Crippen LogP contribution in [0.15, 0.2) is 55.0 Å². The Morgan fingerprint density at radius 1 is 1.06 bits per heavy atom. The van der Waals surface area contributed by atoms with E-state index < -0.39 is 18.6 Å². The van der Waals surface area contributed by atoms with E-state index in [1.807, 2.05) is 0 Å². The number of carbonyl (C=O) groups is 2. The van der Waals surface area contributed by atoms with E-state index in [9.17, 15) is 18.4 Å². The van der Waals surface area contributed by atoms with E-state index >= 15 is 0 Å². The van der Waals surface area contributed by atoms with Gasteiger partial charge in [-0.3, -0.25) is 14.6 Å². The van der Waals surface area contributed by atoms with Crippen LogP contribution in [-0.2, 0) is 4.79 Å². The molecule has 0 saturated heterocycles. The van der Waals surface area contributed by atoms with Gasteiger partial charge in [0.25, 0.3) is 5.91 Å². The van der Waals surface area contributed by atoms with Crippen LogP contribution in [0.5, 0.6) is 5.75 Å². The van der Waals surface area contributed by atoms with Crippen molar-refractivity contribution in [2.24, 2.45) is 5.92 Å². The molecular formula is C22H18F2N4O3. The van der Waals surface area contributed by atoms with Gasteiger partial charge in [-0.05, 0) is 43.2 Å². The lowest BCUT2D eigenvalue weighted by Crippen LogP contribution is -2.16. The fourth-order valence-corrected chi connectivity index (χ4v) is 3.00. The molecule has 7 nitrogen and oxygen atoms in total. The summed E-state index contributed by atoms with van der Waals surface area (Å²) in [6, 6.07) is 8.46. The van der Waals surface area contributed by atoms with Crippen molar-refractivity contribution in [1.29, 1.82) is 0 Å². The molecule has 0 aliphatic heterocycles. The molecule has 1 aromatic carbocycles. The van der Waals surface area contributed by atoms with Gasteiger partial charge in [-0.15, -0.1) is 0 Å². The van der Waals surface area contributed by atoms with Gasteiger partial charge in [0.1, 0.15) is 17.4 Å². The Morgan fingerprint density at radius 3 is 2.65 bits per heavy atom. The van der Waals surface area contributed by atoms with Crippen LogP contribution in [0.2, 0.25) is 0 Å². The minimum Gasteiger partial charge on any atom is -0.463 e. The zero-order chi connectivity index (χ0) is 21.8. The fraction of sp³-hybridized carbons (Fsp3) is 0.182. The zero-order valence-corrected chi connectivity index (χ0v) is 16.3. The Kier molecular flexibility index (Phi) is 5.83. The molecule has 2 N–H and O–H groups in total. The number of hydrogen-bond donors (Lipinski definition) is 2. The minimum absolute atomic E-state index is 0.00817. The number of nitrogens with one attached hydrogen (secondary N) is 2. The molecule has 0 atom stereocenters. The summed E-state index contributed by atoms with van der Waals surface area (Å²) in [5, 5.41) is 5.40. The van der Waals surface area contributed by atoms with Crippen LogP contribution in [0.4, 0.5) is 20.3 Å². The van der Waals surface area contributed by atoms with E-state index in [1.165, 1.54) is 42.9 Å². The van der Waals surface area contributed by atoms with Gasteiger partial charge < -0.3 is 15.4 Å². The Bertz CT molecular complexity index is 1140. The molecule has 9 heteroatoms. The molecule has 158 valence electrons. The molecule has 0 spiro atoms. The topological polar surface area (TPSA) is 93.2 Å². The summed E-state index contributed by atoms with van der Waals surface area (Å²) >= 11 is 0. The second-order valence-corrected chi connectivity index (χ2v) is 6.96. The number of benzene rings is 1. The van der Waals surface area contributed by atoms with E-state index in [-0.39, 0.29) is 40.2 Å². The Labute approximate surface area is 176 Å². The summed E-state index contributed by atoms with van der Waals surface area (Å²) in [6.07, 6.45) is 6.00. The number of alkyl halides is 1. The quantitative estimate of drug-likeness (QED) is 0.593. The maximum atomic E-state index is 14.6. The zero-order valence-electron chi connectivity index (χ0n) is 16.3. The monoisotopic (exact) mass is 424 g/mol. The van der Waals surface area contributed by atoms with Gasteiger partial charge in [0.2, 0.25) is 12.8 Å². The molecule has 1 saturated carbocycles. The number of amides is 2. The normalized spacial score (nSPS) is 12.8. The predicted molar refractivity (Wildman–Crippen MR) is 110 cm³/mol. The minimum atomic E-state index is -1.07. The molecule has 31 heavy (non-hydrogen) atoms. The van der Waals surface area contributed by atoms with Crippen molar-refractivity contribution >= 4 is 23.3 Å². The largest absolute Gasteiger partial charge is 0.463 e. The summed E-state index contributed by atoms with van der Waals surface area (Å²) in [5.41, 5.74) is 1.13. The van der Waals surface area contributed by atoms with Gasteiger partial charge >= 0.3 is 0 Å². The number of halogens is 2. The molecule has 1 aliphatic carbocycles. The number of ether oxygens (including phenoxy) is 1. The number of pyridine rings is 2. The maximum absolute atomic E-state index is 14.6. The molecule has 1 fully saturated rings. The lowest BCUT2D eigenvalue weighted by molar-refractivity contribution is -0.117. The summed E-state index contributed by atoms with van der Waals surface area (Å²) < 4.78 is 31.5. The lowest BCUT2D eigenvalue weighted by atomic mass is 10.0. The van der Waals surface area contributed by atoms with Crippen molar-refractivity contribution in [3.8, 4) is 16.9 Å². The predicted octanol–water partition coefficient (Wildman–Crippen LogP) is 4.19.